The first kappa shape index (κ1) is 27.7. The van der Waals surface area contributed by atoms with Crippen molar-refractivity contribution < 1.29 is 73.5 Å². The van der Waals surface area contributed by atoms with Gasteiger partial charge in [0, 0.05) is 82.0 Å². The van der Waals surface area contributed by atoms with Gasteiger partial charge in [-0.3, -0.25) is 0 Å². The Morgan fingerprint density at radius 2 is 1.00 bits per heavy atom. The quantitative estimate of drug-likeness (QED) is 0.468. The van der Waals surface area contributed by atoms with Crippen molar-refractivity contribution in [1.29, 1.82) is 0 Å². The van der Waals surface area contributed by atoms with Crippen LogP contribution >= 0.6 is 0 Å². The summed E-state index contributed by atoms with van der Waals surface area (Å²) < 4.78 is 0. The molecule has 0 heterocycles. The second kappa shape index (κ2) is 16.6. The van der Waals surface area contributed by atoms with Crippen LogP contribution in [0.3, 0.4) is 0 Å². The molecule has 4 radical (unpaired) electrons. The maximum atomic E-state index is 0. The largest absolute Gasteiger partial charge is 0.187 e. The third-order valence-electron chi connectivity index (χ3n) is 0. The minimum absolute atomic E-state index is 0. The zero-order valence-electron chi connectivity index (χ0n) is 1.65. The predicted molar refractivity (Wildman–Crippen MR) is 15.7 cm³/mol. The van der Waals surface area contributed by atoms with Gasteiger partial charge in [-0.15, -0.1) is 0 Å². The van der Waals surface area contributed by atoms with Gasteiger partial charge in [0.2, 0.25) is 0 Å². The summed E-state index contributed by atoms with van der Waals surface area (Å²) in [5.74, 6) is 0. The van der Waals surface area contributed by atoms with E-state index in [0.717, 1.165) is 0 Å². The predicted octanol–water partition coefficient (Wildman–Crippen LogP) is -1.57. The molecule has 0 aromatic heterocycles. The Morgan fingerprint density at radius 3 is 1.00 bits per heavy atom. The normalized spacial score (nSPS) is 0. The monoisotopic (exact) mass is 272 g/mol. The van der Waals surface area contributed by atoms with Gasteiger partial charge in [0.1, 0.15) is 0 Å². The van der Waals surface area contributed by atoms with Crippen molar-refractivity contribution in [2.24, 2.45) is 0 Å². The smallest absolute Gasteiger partial charge is 0 e. The summed E-state index contributed by atoms with van der Waals surface area (Å²) in [4.78, 5) is 0. The van der Waals surface area contributed by atoms with E-state index in [4.69, 9.17) is 0 Å². The number of hydrogen-bond acceptors (Lipinski definition) is 0. The molecule has 0 spiro atoms. The van der Waals surface area contributed by atoms with E-state index >= 15 is 0 Å². The Hall–Kier alpha value is 3.05. The van der Waals surface area contributed by atoms with Crippen LogP contribution in [0.1, 0.15) is 0 Å². The fourth-order valence-corrected chi connectivity index (χ4v) is 0. The van der Waals surface area contributed by atoms with Gasteiger partial charge in [-0.1, -0.05) is 0 Å². The van der Waals surface area contributed by atoms with Crippen molar-refractivity contribution in [1.82, 2.24) is 0 Å². The second-order valence-electron chi connectivity index (χ2n) is 0. The van der Waals surface area contributed by atoms with Crippen molar-refractivity contribution in [2.45, 2.75) is 0 Å². The van der Waals surface area contributed by atoms with Gasteiger partial charge in [0.05, 0.1) is 0 Å². The van der Waals surface area contributed by atoms with Crippen LogP contribution in [-0.4, -0.2) is 25.8 Å². The number of rotatable bonds is 0. The molecule has 0 aliphatic heterocycles. The van der Waals surface area contributed by atoms with E-state index in [1.807, 2.05) is 0 Å². The summed E-state index contributed by atoms with van der Waals surface area (Å²) in [5.41, 5.74) is 0. The molecule has 0 saturated carbocycles. The maximum absolute atomic E-state index is 0. The Balaban J connectivity index is 0. The third kappa shape index (κ3) is 8.90. The van der Waals surface area contributed by atoms with Crippen LogP contribution in [0.25, 0.3) is 0 Å². The van der Waals surface area contributed by atoms with Crippen LogP contribution in [0.2, 0.25) is 0 Å². The molecular weight excluding hydrogens is 271 g/mol. The molecule has 0 bridgehead atoms. The molecular formula is H3AlBNdY. The van der Waals surface area contributed by atoms with Crippen molar-refractivity contribution in [3.8, 4) is 0 Å². The summed E-state index contributed by atoms with van der Waals surface area (Å²) in [5, 5.41) is 0. The van der Waals surface area contributed by atoms with Gasteiger partial charge in [-0.2, -0.15) is 0 Å². The first-order valence-corrected chi connectivity index (χ1v) is 0. The van der Waals surface area contributed by atoms with Crippen LogP contribution in [0.4, 0.5) is 0 Å². The van der Waals surface area contributed by atoms with Crippen LogP contribution in [-0.2, 0) is 32.7 Å². The van der Waals surface area contributed by atoms with Crippen LogP contribution in [0, 0.1) is 40.8 Å². The molecule has 0 aliphatic rings. The SMILES string of the molecule is [AlH3].[B].[Nd].[Y]. The maximum Gasteiger partial charge on any atom is 0.187 e. The molecule has 16 valence electrons. The van der Waals surface area contributed by atoms with Crippen molar-refractivity contribution in [2.75, 3.05) is 0 Å². The van der Waals surface area contributed by atoms with Gasteiger partial charge in [-0.05, 0) is 0 Å². The van der Waals surface area contributed by atoms with Crippen molar-refractivity contribution in [3.63, 3.8) is 0 Å². The van der Waals surface area contributed by atoms with E-state index in [2.05, 4.69) is 0 Å². The molecule has 0 aromatic carbocycles. The van der Waals surface area contributed by atoms with Gasteiger partial charge in [0.25, 0.3) is 0 Å². The average Bonchev–Trinajstić information content (AvgIpc) is 0. The molecule has 0 aliphatic carbocycles. The second-order valence-corrected chi connectivity index (χ2v) is 0. The summed E-state index contributed by atoms with van der Waals surface area (Å²) in [6.45, 7) is 0. The van der Waals surface area contributed by atoms with Crippen molar-refractivity contribution >= 4 is 25.8 Å². The Morgan fingerprint density at radius 1 is 1.00 bits per heavy atom. The van der Waals surface area contributed by atoms with Gasteiger partial charge in [0.15, 0.2) is 17.4 Å². The minimum atomic E-state index is 0. The summed E-state index contributed by atoms with van der Waals surface area (Å²) in [6.07, 6.45) is 0. The van der Waals surface area contributed by atoms with Gasteiger partial charge < -0.3 is 0 Å². The molecule has 0 nitrogen and oxygen atoms in total. The number of hydrogen-bond donors (Lipinski definition) is 0. The van der Waals surface area contributed by atoms with E-state index < -0.39 is 0 Å². The molecule has 0 amide bonds. The molecule has 0 unspecified atom stereocenters. The van der Waals surface area contributed by atoms with Gasteiger partial charge in [-0.25, -0.2) is 0 Å². The van der Waals surface area contributed by atoms with Gasteiger partial charge >= 0.3 is 0 Å². The molecule has 0 atom stereocenters. The zero-order chi connectivity index (χ0) is 0. The van der Waals surface area contributed by atoms with Crippen molar-refractivity contribution in [3.05, 3.63) is 0 Å². The van der Waals surface area contributed by atoms with Crippen LogP contribution < -0.4 is 0 Å². The Kier molecular flexibility index (Phi) is 115. The van der Waals surface area contributed by atoms with E-state index in [9.17, 15) is 0 Å². The summed E-state index contributed by atoms with van der Waals surface area (Å²) >= 11 is 0. The van der Waals surface area contributed by atoms with E-state index in [-0.39, 0.29) is 99.3 Å². The van der Waals surface area contributed by atoms with Crippen LogP contribution in [0.5, 0.6) is 0 Å². The molecule has 0 aromatic rings. The summed E-state index contributed by atoms with van der Waals surface area (Å²) in [7, 11) is 0. The molecule has 0 rings (SSSR count). The first-order valence-electron chi connectivity index (χ1n) is 0. The molecule has 4 heavy (non-hydrogen) atoms. The average molecular weight is 274 g/mol. The van der Waals surface area contributed by atoms with E-state index in [1.165, 1.54) is 0 Å². The zero-order valence-corrected chi connectivity index (χ0v) is 7.70. The van der Waals surface area contributed by atoms with Crippen LogP contribution in [0.15, 0.2) is 0 Å². The Bertz CT molecular complexity index is 8.00. The van der Waals surface area contributed by atoms with E-state index in [1.54, 1.807) is 0 Å². The standard InChI is InChI=1S/Al.B.Nd.Y.3H. The fraction of sp³-hybridized carbons (Fsp3) is 0. The molecule has 0 N–H and O–H groups in total. The summed E-state index contributed by atoms with van der Waals surface area (Å²) in [6, 6.07) is 0. The topological polar surface area (TPSA) is 0 Å². The van der Waals surface area contributed by atoms with E-state index in [0.29, 0.717) is 0 Å². The fourth-order valence-electron chi connectivity index (χ4n) is 0. The third-order valence-corrected chi connectivity index (χ3v) is 0. The molecule has 0 saturated heterocycles. The Labute approximate surface area is 97.0 Å². The minimum Gasteiger partial charge on any atom is 0 e. The molecule has 4 heteroatoms. The first-order chi connectivity index (χ1) is 0. The molecule has 0 fully saturated rings.